The number of nitrogens with zero attached hydrogens (tertiary/aromatic N) is 3. The summed E-state index contributed by atoms with van der Waals surface area (Å²) in [5.74, 6) is 0. The van der Waals surface area contributed by atoms with Crippen LogP contribution >= 0.6 is 15.9 Å². The molecule has 13 heavy (non-hydrogen) atoms. The molecule has 0 fully saturated rings. The van der Waals surface area contributed by atoms with Gasteiger partial charge in [0.1, 0.15) is 0 Å². The maximum Gasteiger partial charge on any atom is 0.0443 e. The maximum absolute atomic E-state index is 8.02. The molecule has 0 bridgehead atoms. The largest absolute Gasteiger partial charge is 0.0899 e. The van der Waals surface area contributed by atoms with Gasteiger partial charge in [-0.25, -0.2) is 0 Å². The highest BCUT2D eigenvalue weighted by molar-refractivity contribution is 9.10. The van der Waals surface area contributed by atoms with Gasteiger partial charge in [0.25, 0.3) is 0 Å². The quantitative estimate of drug-likeness (QED) is 0.437. The Labute approximate surface area is 84.8 Å². The zero-order valence-corrected chi connectivity index (χ0v) is 8.48. The Morgan fingerprint density at radius 1 is 1.38 bits per heavy atom. The van der Waals surface area contributed by atoms with Crippen LogP contribution in [0.5, 0.6) is 0 Å². The topological polar surface area (TPSA) is 48.8 Å². The van der Waals surface area contributed by atoms with Crippen LogP contribution in [0.1, 0.15) is 5.56 Å². The number of azide groups is 1. The average molecular weight is 238 g/mol. The predicted molar refractivity (Wildman–Crippen MR) is 57.2 cm³/mol. The fourth-order valence-electron chi connectivity index (χ4n) is 0.846. The predicted octanol–water partition coefficient (Wildman–Crippen LogP) is 3.77. The summed E-state index contributed by atoms with van der Waals surface area (Å²) in [5, 5.41) is 3.39. The van der Waals surface area contributed by atoms with Gasteiger partial charge < -0.3 is 0 Å². The Kier molecular flexibility index (Phi) is 4.09. The van der Waals surface area contributed by atoms with Crippen LogP contribution in [0.15, 0.2) is 39.9 Å². The summed E-state index contributed by atoms with van der Waals surface area (Å²) >= 11 is 3.35. The molecule has 0 atom stereocenters. The van der Waals surface area contributed by atoms with Crippen LogP contribution in [-0.4, -0.2) is 6.54 Å². The molecule has 0 heterocycles. The van der Waals surface area contributed by atoms with Gasteiger partial charge in [0.2, 0.25) is 0 Å². The number of rotatable bonds is 3. The van der Waals surface area contributed by atoms with Crippen LogP contribution in [-0.2, 0) is 0 Å². The van der Waals surface area contributed by atoms with Gasteiger partial charge in [-0.05, 0) is 23.2 Å². The molecule has 4 heteroatoms. The molecule has 0 N–H and O–H groups in total. The third-order valence-electron chi connectivity index (χ3n) is 1.43. The van der Waals surface area contributed by atoms with Crippen LogP contribution in [0, 0.1) is 0 Å². The number of halogens is 1. The van der Waals surface area contributed by atoms with E-state index in [1.54, 1.807) is 0 Å². The van der Waals surface area contributed by atoms with Gasteiger partial charge in [-0.2, -0.15) is 0 Å². The molecular weight excluding hydrogens is 230 g/mol. The van der Waals surface area contributed by atoms with Gasteiger partial charge in [0.15, 0.2) is 0 Å². The van der Waals surface area contributed by atoms with Gasteiger partial charge in [-0.15, -0.1) is 0 Å². The van der Waals surface area contributed by atoms with Crippen LogP contribution in [0.3, 0.4) is 0 Å². The average Bonchev–Trinajstić information content (AvgIpc) is 2.15. The lowest BCUT2D eigenvalue weighted by Crippen LogP contribution is -1.72. The molecule has 0 unspecified atom stereocenters. The molecular formula is C9H8BrN3. The zero-order chi connectivity index (χ0) is 9.52. The minimum Gasteiger partial charge on any atom is -0.0899 e. The van der Waals surface area contributed by atoms with Crippen molar-refractivity contribution in [2.75, 3.05) is 6.54 Å². The fourth-order valence-corrected chi connectivity index (χ4v) is 1.11. The van der Waals surface area contributed by atoms with Crippen molar-refractivity contribution < 1.29 is 0 Å². The van der Waals surface area contributed by atoms with E-state index >= 15 is 0 Å². The summed E-state index contributed by atoms with van der Waals surface area (Å²) in [6.07, 6.45) is 3.74. The fraction of sp³-hybridized carbons (Fsp3) is 0.111. The Balaban J connectivity index is 2.58. The second-order valence-electron chi connectivity index (χ2n) is 2.37. The summed E-state index contributed by atoms with van der Waals surface area (Å²) < 4.78 is 1.06. The molecule has 0 aliphatic rings. The van der Waals surface area contributed by atoms with E-state index in [1.807, 2.05) is 36.4 Å². The SMILES string of the molecule is [N-]=[N+]=NCC=Cc1ccc(Br)cc1. The molecule has 0 aliphatic heterocycles. The highest BCUT2D eigenvalue weighted by atomic mass is 79.9. The van der Waals surface area contributed by atoms with Gasteiger partial charge in [-0.3, -0.25) is 0 Å². The number of hydrogen-bond acceptors (Lipinski definition) is 1. The highest BCUT2D eigenvalue weighted by Gasteiger charge is 1.85. The first-order chi connectivity index (χ1) is 6.33. The Morgan fingerprint density at radius 3 is 2.69 bits per heavy atom. The first-order valence-electron chi connectivity index (χ1n) is 3.76. The van der Waals surface area contributed by atoms with E-state index in [9.17, 15) is 0 Å². The molecule has 0 aromatic heterocycles. The Bertz CT molecular complexity index is 336. The smallest absolute Gasteiger partial charge is 0.0443 e. The lowest BCUT2D eigenvalue weighted by atomic mass is 10.2. The number of hydrogen-bond donors (Lipinski definition) is 0. The maximum atomic E-state index is 8.02. The molecule has 0 amide bonds. The van der Waals surface area contributed by atoms with Crippen LogP contribution in [0.2, 0.25) is 0 Å². The van der Waals surface area contributed by atoms with E-state index in [0.717, 1.165) is 10.0 Å². The van der Waals surface area contributed by atoms with Crippen LogP contribution in [0.25, 0.3) is 16.5 Å². The van der Waals surface area contributed by atoms with Crippen molar-refractivity contribution >= 4 is 22.0 Å². The third kappa shape index (κ3) is 3.78. The molecule has 1 aromatic carbocycles. The first-order valence-corrected chi connectivity index (χ1v) is 4.55. The van der Waals surface area contributed by atoms with E-state index in [1.165, 1.54) is 0 Å². The molecule has 0 spiro atoms. The highest BCUT2D eigenvalue weighted by Crippen LogP contribution is 2.11. The molecule has 1 rings (SSSR count). The molecule has 3 nitrogen and oxygen atoms in total. The van der Waals surface area contributed by atoms with Crippen molar-refractivity contribution in [3.8, 4) is 0 Å². The second-order valence-corrected chi connectivity index (χ2v) is 3.28. The van der Waals surface area contributed by atoms with E-state index in [2.05, 4.69) is 26.0 Å². The van der Waals surface area contributed by atoms with Gasteiger partial charge in [0, 0.05) is 15.9 Å². The molecule has 66 valence electrons. The Hall–Kier alpha value is -1.25. The molecule has 0 saturated heterocycles. The van der Waals surface area contributed by atoms with E-state index in [4.69, 9.17) is 5.53 Å². The summed E-state index contributed by atoms with van der Waals surface area (Å²) in [6, 6.07) is 7.90. The summed E-state index contributed by atoms with van der Waals surface area (Å²) in [7, 11) is 0. The normalized spacial score (nSPS) is 9.92. The number of benzene rings is 1. The van der Waals surface area contributed by atoms with Gasteiger partial charge in [-0.1, -0.05) is 45.3 Å². The van der Waals surface area contributed by atoms with E-state index in [0.29, 0.717) is 6.54 Å². The third-order valence-corrected chi connectivity index (χ3v) is 1.96. The van der Waals surface area contributed by atoms with Crippen molar-refractivity contribution in [2.45, 2.75) is 0 Å². The molecule has 1 aromatic rings. The van der Waals surface area contributed by atoms with Gasteiger partial charge in [0.05, 0.1) is 0 Å². The van der Waals surface area contributed by atoms with E-state index < -0.39 is 0 Å². The van der Waals surface area contributed by atoms with Crippen molar-refractivity contribution in [3.05, 3.63) is 50.8 Å². The van der Waals surface area contributed by atoms with Gasteiger partial charge >= 0.3 is 0 Å². The second kappa shape index (κ2) is 5.41. The van der Waals surface area contributed by atoms with Crippen molar-refractivity contribution in [3.63, 3.8) is 0 Å². The zero-order valence-electron chi connectivity index (χ0n) is 6.89. The minimum atomic E-state index is 0.395. The summed E-state index contributed by atoms with van der Waals surface area (Å²) in [6.45, 7) is 0.395. The van der Waals surface area contributed by atoms with Crippen LogP contribution in [0.4, 0.5) is 0 Å². The lowest BCUT2D eigenvalue weighted by molar-refractivity contribution is 1.22. The lowest BCUT2D eigenvalue weighted by Gasteiger charge is -1.92. The molecule has 0 aliphatic carbocycles. The molecule has 0 radical (unpaired) electrons. The van der Waals surface area contributed by atoms with Crippen molar-refractivity contribution in [2.24, 2.45) is 5.11 Å². The minimum absolute atomic E-state index is 0.395. The van der Waals surface area contributed by atoms with Crippen molar-refractivity contribution in [1.29, 1.82) is 0 Å². The van der Waals surface area contributed by atoms with Crippen LogP contribution < -0.4 is 0 Å². The van der Waals surface area contributed by atoms with E-state index in [-0.39, 0.29) is 0 Å². The summed E-state index contributed by atoms with van der Waals surface area (Å²) in [4.78, 5) is 2.65. The van der Waals surface area contributed by atoms with Crippen molar-refractivity contribution in [1.82, 2.24) is 0 Å². The molecule has 0 saturated carbocycles. The first kappa shape index (κ1) is 9.84. The summed E-state index contributed by atoms with van der Waals surface area (Å²) in [5.41, 5.74) is 9.11. The monoisotopic (exact) mass is 237 g/mol. The standard InChI is InChI=1S/C9H8BrN3/c10-9-5-3-8(4-6-9)2-1-7-12-13-11/h1-6H,7H2. The Morgan fingerprint density at radius 2 is 2.08 bits per heavy atom.